The highest BCUT2D eigenvalue weighted by Crippen LogP contribution is 2.05. The van der Waals surface area contributed by atoms with Crippen molar-refractivity contribution in [1.29, 1.82) is 0 Å². The summed E-state index contributed by atoms with van der Waals surface area (Å²) in [5, 5.41) is 6.78. The van der Waals surface area contributed by atoms with E-state index < -0.39 is 0 Å². The Hall–Kier alpha value is -0.0800. The zero-order valence-electron chi connectivity index (χ0n) is 15.1. The van der Waals surface area contributed by atoms with E-state index in [4.69, 9.17) is 4.99 Å². The lowest BCUT2D eigenvalue weighted by Gasteiger charge is -2.33. The van der Waals surface area contributed by atoms with Crippen LogP contribution in [0.2, 0.25) is 0 Å². The van der Waals surface area contributed by atoms with Crippen molar-refractivity contribution in [2.45, 2.75) is 40.2 Å². The van der Waals surface area contributed by atoms with Crippen LogP contribution in [0.15, 0.2) is 4.99 Å². The van der Waals surface area contributed by atoms with Gasteiger partial charge in [-0.15, -0.1) is 24.0 Å². The molecule has 1 aliphatic heterocycles. The van der Waals surface area contributed by atoms with Crippen LogP contribution in [0.5, 0.6) is 0 Å². The Morgan fingerprint density at radius 3 is 2.32 bits per heavy atom. The first-order valence-corrected chi connectivity index (χ1v) is 8.50. The van der Waals surface area contributed by atoms with E-state index in [2.05, 4.69) is 55.2 Å². The molecule has 22 heavy (non-hydrogen) atoms. The number of nitrogens with one attached hydrogen (secondary N) is 2. The normalized spacial score (nSPS) is 20.1. The minimum Gasteiger partial charge on any atom is -0.357 e. The van der Waals surface area contributed by atoms with Gasteiger partial charge in [0.1, 0.15) is 0 Å². The molecule has 0 aromatic rings. The van der Waals surface area contributed by atoms with Gasteiger partial charge in [0, 0.05) is 51.9 Å². The third kappa shape index (κ3) is 9.15. The van der Waals surface area contributed by atoms with Crippen molar-refractivity contribution >= 4 is 29.9 Å². The molecule has 132 valence electrons. The van der Waals surface area contributed by atoms with Crippen molar-refractivity contribution in [3.8, 4) is 0 Å². The number of guanidine groups is 1. The molecule has 2 N–H and O–H groups in total. The second-order valence-corrected chi connectivity index (χ2v) is 6.38. The Morgan fingerprint density at radius 1 is 1.14 bits per heavy atom. The number of halogens is 1. The van der Waals surface area contributed by atoms with Crippen molar-refractivity contribution in [2.75, 3.05) is 52.9 Å². The Morgan fingerprint density at radius 2 is 1.77 bits per heavy atom. The SMILES string of the molecule is CCNC(=NCC(C)CN1CCN(C)CC1)NC(C)CC.I. The van der Waals surface area contributed by atoms with Gasteiger partial charge in [-0.2, -0.15) is 0 Å². The summed E-state index contributed by atoms with van der Waals surface area (Å²) in [5.74, 6) is 1.55. The van der Waals surface area contributed by atoms with E-state index >= 15 is 0 Å². The Bertz CT molecular complexity index is 303. The van der Waals surface area contributed by atoms with Crippen LogP contribution in [0.25, 0.3) is 0 Å². The maximum Gasteiger partial charge on any atom is 0.191 e. The van der Waals surface area contributed by atoms with Crippen LogP contribution in [0.3, 0.4) is 0 Å². The number of aliphatic imine (C=N–C) groups is 1. The Labute approximate surface area is 154 Å². The quantitative estimate of drug-likeness (QED) is 0.371. The van der Waals surface area contributed by atoms with Crippen LogP contribution in [-0.2, 0) is 0 Å². The van der Waals surface area contributed by atoms with Crippen molar-refractivity contribution < 1.29 is 0 Å². The first kappa shape index (κ1) is 21.9. The van der Waals surface area contributed by atoms with E-state index in [9.17, 15) is 0 Å². The second kappa shape index (κ2) is 12.4. The molecule has 1 heterocycles. The molecule has 2 atom stereocenters. The average molecular weight is 425 g/mol. The molecule has 0 bridgehead atoms. The number of hydrogen-bond acceptors (Lipinski definition) is 3. The monoisotopic (exact) mass is 425 g/mol. The lowest BCUT2D eigenvalue weighted by molar-refractivity contribution is 0.140. The minimum atomic E-state index is 0. The molecule has 0 aromatic heterocycles. The van der Waals surface area contributed by atoms with Gasteiger partial charge in [0.15, 0.2) is 5.96 Å². The zero-order chi connectivity index (χ0) is 15.7. The van der Waals surface area contributed by atoms with Crippen LogP contribution in [0.4, 0.5) is 0 Å². The van der Waals surface area contributed by atoms with E-state index in [0.29, 0.717) is 12.0 Å². The summed E-state index contributed by atoms with van der Waals surface area (Å²) >= 11 is 0. The molecular formula is C16H36IN5. The molecule has 0 aliphatic carbocycles. The molecule has 0 spiro atoms. The summed E-state index contributed by atoms with van der Waals surface area (Å²) in [6, 6.07) is 0.468. The average Bonchev–Trinajstić information content (AvgIpc) is 2.47. The van der Waals surface area contributed by atoms with Crippen molar-refractivity contribution in [1.82, 2.24) is 20.4 Å². The fourth-order valence-electron chi connectivity index (χ4n) is 2.43. The number of nitrogens with zero attached hydrogens (tertiary/aromatic N) is 3. The van der Waals surface area contributed by atoms with E-state index in [-0.39, 0.29) is 24.0 Å². The van der Waals surface area contributed by atoms with Crippen molar-refractivity contribution in [2.24, 2.45) is 10.9 Å². The topological polar surface area (TPSA) is 42.9 Å². The summed E-state index contributed by atoms with van der Waals surface area (Å²) < 4.78 is 0. The first-order valence-electron chi connectivity index (χ1n) is 8.50. The maximum atomic E-state index is 4.74. The van der Waals surface area contributed by atoms with Crippen LogP contribution in [0, 0.1) is 5.92 Å². The number of hydrogen-bond donors (Lipinski definition) is 2. The fraction of sp³-hybridized carbons (Fsp3) is 0.938. The van der Waals surface area contributed by atoms with Gasteiger partial charge in [0.2, 0.25) is 0 Å². The highest BCUT2D eigenvalue weighted by atomic mass is 127. The van der Waals surface area contributed by atoms with Gasteiger partial charge in [-0.05, 0) is 33.2 Å². The molecule has 0 saturated carbocycles. The molecular weight excluding hydrogens is 389 g/mol. The third-order valence-corrected chi connectivity index (χ3v) is 4.07. The maximum absolute atomic E-state index is 4.74. The van der Waals surface area contributed by atoms with E-state index in [1.807, 2.05) is 0 Å². The van der Waals surface area contributed by atoms with Gasteiger partial charge in [-0.25, -0.2) is 0 Å². The summed E-state index contributed by atoms with van der Waals surface area (Å²) in [6.45, 7) is 16.5. The second-order valence-electron chi connectivity index (χ2n) is 6.38. The highest BCUT2D eigenvalue weighted by Gasteiger charge is 2.16. The lowest BCUT2D eigenvalue weighted by atomic mass is 10.1. The molecule has 1 aliphatic rings. The number of rotatable bonds is 7. The summed E-state index contributed by atoms with van der Waals surface area (Å²) in [4.78, 5) is 9.71. The van der Waals surface area contributed by atoms with Crippen LogP contribution in [-0.4, -0.2) is 74.7 Å². The van der Waals surface area contributed by atoms with E-state index in [0.717, 1.165) is 32.0 Å². The molecule has 5 nitrogen and oxygen atoms in total. The molecule has 1 saturated heterocycles. The first-order chi connectivity index (χ1) is 10.0. The Balaban J connectivity index is 0.00000441. The van der Waals surface area contributed by atoms with Gasteiger partial charge in [-0.1, -0.05) is 13.8 Å². The van der Waals surface area contributed by atoms with Gasteiger partial charge < -0.3 is 20.4 Å². The lowest BCUT2D eigenvalue weighted by Crippen LogP contribution is -2.46. The van der Waals surface area contributed by atoms with Gasteiger partial charge >= 0.3 is 0 Å². The molecule has 1 rings (SSSR count). The van der Waals surface area contributed by atoms with Gasteiger partial charge in [0.05, 0.1) is 0 Å². The highest BCUT2D eigenvalue weighted by molar-refractivity contribution is 14.0. The summed E-state index contributed by atoms with van der Waals surface area (Å²) in [6.07, 6.45) is 1.11. The van der Waals surface area contributed by atoms with Crippen molar-refractivity contribution in [3.63, 3.8) is 0 Å². The fourth-order valence-corrected chi connectivity index (χ4v) is 2.43. The van der Waals surface area contributed by atoms with Gasteiger partial charge in [0.25, 0.3) is 0 Å². The molecule has 0 amide bonds. The minimum absolute atomic E-state index is 0. The van der Waals surface area contributed by atoms with Gasteiger partial charge in [-0.3, -0.25) is 4.99 Å². The summed E-state index contributed by atoms with van der Waals surface area (Å²) in [7, 11) is 2.20. The smallest absolute Gasteiger partial charge is 0.191 e. The standard InChI is InChI=1S/C16H35N5.HI/c1-6-15(4)19-16(17-7-2)18-12-14(3)13-21-10-8-20(5)9-11-21;/h14-15H,6-13H2,1-5H3,(H2,17,18,19);1H. The molecule has 6 heteroatoms. The van der Waals surface area contributed by atoms with Crippen LogP contribution < -0.4 is 10.6 Å². The molecule has 2 unspecified atom stereocenters. The molecule has 0 aromatic carbocycles. The Kier molecular flexibility index (Phi) is 12.3. The van der Waals surface area contributed by atoms with E-state index in [1.54, 1.807) is 0 Å². The predicted octanol–water partition coefficient (Wildman–Crippen LogP) is 1.84. The summed E-state index contributed by atoms with van der Waals surface area (Å²) in [5.41, 5.74) is 0. The zero-order valence-corrected chi connectivity index (χ0v) is 17.4. The molecule has 1 fully saturated rings. The number of piperazine rings is 1. The van der Waals surface area contributed by atoms with Crippen molar-refractivity contribution in [3.05, 3.63) is 0 Å². The van der Waals surface area contributed by atoms with Crippen LogP contribution >= 0.6 is 24.0 Å². The third-order valence-electron chi connectivity index (χ3n) is 4.07. The molecule has 0 radical (unpaired) electrons. The number of likely N-dealkylation sites (N-methyl/N-ethyl adjacent to an activating group) is 1. The van der Waals surface area contributed by atoms with Crippen LogP contribution in [0.1, 0.15) is 34.1 Å². The van der Waals surface area contributed by atoms with E-state index in [1.165, 1.54) is 26.2 Å². The predicted molar refractivity (Wildman–Crippen MR) is 107 cm³/mol. The largest absolute Gasteiger partial charge is 0.357 e.